The van der Waals surface area contributed by atoms with Crippen LogP contribution in [0.1, 0.15) is 16.7 Å². The van der Waals surface area contributed by atoms with Gasteiger partial charge in [0.2, 0.25) is 5.91 Å². The minimum absolute atomic E-state index is 0.212. The molecule has 9 heteroatoms. The number of nitrogens with one attached hydrogen (secondary N) is 1. The average Bonchev–Trinajstić information content (AvgIpc) is 3.09. The Bertz CT molecular complexity index is 1330. The molecule has 1 heterocycles. The van der Waals surface area contributed by atoms with Gasteiger partial charge in [0.15, 0.2) is 0 Å². The number of rotatable bonds is 7. The van der Waals surface area contributed by atoms with Crippen LogP contribution in [0.15, 0.2) is 76.1 Å². The van der Waals surface area contributed by atoms with Gasteiger partial charge in [-0.05, 0) is 66.2 Å². The minimum atomic E-state index is -0.536. The van der Waals surface area contributed by atoms with Gasteiger partial charge in [-0.1, -0.05) is 63.9 Å². The summed E-state index contributed by atoms with van der Waals surface area (Å²) in [6.07, 6.45) is 1.60. The number of carbonyl (C=O) groups is 3. The van der Waals surface area contributed by atoms with Crippen LogP contribution >= 0.6 is 39.3 Å². The highest BCUT2D eigenvalue weighted by Crippen LogP contribution is 2.35. The molecule has 0 aromatic heterocycles. The minimum Gasteiger partial charge on any atom is -0.488 e. The summed E-state index contributed by atoms with van der Waals surface area (Å²) in [5.74, 6) is -0.466. The highest BCUT2D eigenvalue weighted by Gasteiger charge is 2.36. The van der Waals surface area contributed by atoms with Crippen molar-refractivity contribution in [2.75, 3.05) is 11.9 Å². The molecular weight excluding hydrogens is 552 g/mol. The van der Waals surface area contributed by atoms with Crippen LogP contribution in [-0.2, 0) is 16.2 Å². The van der Waals surface area contributed by atoms with E-state index >= 15 is 0 Å². The van der Waals surface area contributed by atoms with E-state index in [4.69, 9.17) is 16.3 Å². The molecule has 0 atom stereocenters. The molecule has 0 saturated carbocycles. The fourth-order valence-corrected chi connectivity index (χ4v) is 4.68. The third-order valence-corrected chi connectivity index (χ3v) is 6.93. The lowest BCUT2D eigenvalue weighted by atomic mass is 10.1. The Morgan fingerprint density at radius 3 is 2.63 bits per heavy atom. The van der Waals surface area contributed by atoms with Crippen molar-refractivity contribution in [1.29, 1.82) is 0 Å². The number of amides is 3. The smallest absolute Gasteiger partial charge is 0.294 e. The van der Waals surface area contributed by atoms with Crippen molar-refractivity contribution in [3.8, 4) is 5.75 Å². The monoisotopic (exact) mass is 570 g/mol. The maximum Gasteiger partial charge on any atom is 0.294 e. The van der Waals surface area contributed by atoms with E-state index in [0.717, 1.165) is 32.3 Å². The first-order chi connectivity index (χ1) is 16.8. The summed E-state index contributed by atoms with van der Waals surface area (Å²) in [7, 11) is 0. The molecule has 35 heavy (non-hydrogen) atoms. The average molecular weight is 572 g/mol. The maximum atomic E-state index is 12.9. The van der Waals surface area contributed by atoms with Crippen molar-refractivity contribution in [1.82, 2.24) is 4.90 Å². The number of ether oxygens (including phenoxy) is 1. The lowest BCUT2D eigenvalue weighted by Gasteiger charge is -2.13. The molecule has 1 aliphatic rings. The number of halogens is 2. The number of anilines is 1. The predicted molar refractivity (Wildman–Crippen MR) is 142 cm³/mol. The molecule has 3 amide bonds. The van der Waals surface area contributed by atoms with Crippen LogP contribution in [0, 0.1) is 6.92 Å². The summed E-state index contributed by atoms with van der Waals surface area (Å²) < 4.78 is 6.76. The first-order valence-corrected chi connectivity index (χ1v) is 12.6. The second kappa shape index (κ2) is 11.1. The summed E-state index contributed by atoms with van der Waals surface area (Å²) in [5, 5.41) is 2.66. The summed E-state index contributed by atoms with van der Waals surface area (Å²) in [4.78, 5) is 39.1. The van der Waals surface area contributed by atoms with Crippen LogP contribution in [0.2, 0.25) is 5.02 Å². The molecule has 1 fully saturated rings. The van der Waals surface area contributed by atoms with E-state index in [0.29, 0.717) is 28.6 Å². The molecule has 1 aliphatic heterocycles. The number of aryl methyl sites for hydroxylation is 1. The summed E-state index contributed by atoms with van der Waals surface area (Å²) >= 11 is 10.3. The van der Waals surface area contributed by atoms with Gasteiger partial charge >= 0.3 is 0 Å². The van der Waals surface area contributed by atoms with E-state index in [1.54, 1.807) is 30.3 Å². The second-order valence-electron chi connectivity index (χ2n) is 7.74. The molecular formula is C26H20BrClN2O4S. The lowest BCUT2D eigenvalue weighted by Crippen LogP contribution is -2.36. The fourth-order valence-electron chi connectivity index (χ4n) is 3.29. The summed E-state index contributed by atoms with van der Waals surface area (Å²) in [6.45, 7) is 1.81. The largest absolute Gasteiger partial charge is 0.488 e. The van der Waals surface area contributed by atoms with Crippen LogP contribution in [0.5, 0.6) is 5.75 Å². The quantitative estimate of drug-likeness (QED) is 0.321. The Morgan fingerprint density at radius 2 is 1.89 bits per heavy atom. The Kier molecular flexibility index (Phi) is 7.95. The summed E-state index contributed by atoms with van der Waals surface area (Å²) in [6, 6.07) is 20.2. The van der Waals surface area contributed by atoms with E-state index < -0.39 is 23.6 Å². The summed E-state index contributed by atoms with van der Waals surface area (Å²) in [5.41, 5.74) is 3.00. The number of hydrogen-bond acceptors (Lipinski definition) is 5. The molecule has 3 aromatic rings. The number of carbonyl (C=O) groups excluding carboxylic acids is 3. The molecule has 0 aliphatic carbocycles. The van der Waals surface area contributed by atoms with Gasteiger partial charge in [0, 0.05) is 20.7 Å². The fraction of sp³-hybridized carbons (Fsp3) is 0.115. The molecule has 0 bridgehead atoms. The molecule has 0 unspecified atom stereocenters. The van der Waals surface area contributed by atoms with Crippen LogP contribution in [0.3, 0.4) is 0 Å². The van der Waals surface area contributed by atoms with Gasteiger partial charge in [-0.25, -0.2) is 0 Å². The van der Waals surface area contributed by atoms with Crippen molar-refractivity contribution in [2.24, 2.45) is 0 Å². The van der Waals surface area contributed by atoms with E-state index in [9.17, 15) is 14.4 Å². The molecule has 178 valence electrons. The number of thioether (sulfide) groups is 1. The standard InChI is InChI=1S/C26H20BrClN2O4S/c1-16-7-9-20(13-21(16)28)29-24(31)14-30-25(32)23(35-26(30)33)12-18-11-19(27)8-10-22(18)34-15-17-5-3-2-4-6-17/h2-13H,14-15H2,1H3,(H,29,31)/b23-12-. The van der Waals surface area contributed by atoms with Crippen LogP contribution in [-0.4, -0.2) is 28.5 Å². The van der Waals surface area contributed by atoms with E-state index in [1.807, 2.05) is 49.4 Å². The second-order valence-corrected chi connectivity index (χ2v) is 10.1. The van der Waals surface area contributed by atoms with Crippen molar-refractivity contribution in [2.45, 2.75) is 13.5 Å². The van der Waals surface area contributed by atoms with Gasteiger partial charge < -0.3 is 10.1 Å². The van der Waals surface area contributed by atoms with E-state index in [1.165, 1.54) is 0 Å². The molecule has 1 N–H and O–H groups in total. The lowest BCUT2D eigenvalue weighted by molar-refractivity contribution is -0.127. The Labute approximate surface area is 220 Å². The Hall–Kier alpha value is -3.07. The van der Waals surface area contributed by atoms with Gasteiger partial charge in [-0.15, -0.1) is 0 Å². The van der Waals surface area contributed by atoms with Crippen molar-refractivity contribution >= 4 is 68.1 Å². The Balaban J connectivity index is 1.47. The highest BCUT2D eigenvalue weighted by atomic mass is 79.9. The molecule has 1 saturated heterocycles. The molecule has 3 aromatic carbocycles. The van der Waals surface area contributed by atoms with Crippen LogP contribution in [0.4, 0.5) is 10.5 Å². The predicted octanol–water partition coefficient (Wildman–Crippen LogP) is 6.66. The molecule has 4 rings (SSSR count). The third-order valence-electron chi connectivity index (χ3n) is 5.13. The molecule has 0 spiro atoms. The van der Waals surface area contributed by atoms with Gasteiger partial charge in [-0.3, -0.25) is 19.3 Å². The first-order valence-electron chi connectivity index (χ1n) is 10.6. The zero-order valence-corrected chi connectivity index (χ0v) is 21.7. The van der Waals surface area contributed by atoms with Gasteiger partial charge in [0.05, 0.1) is 4.91 Å². The highest BCUT2D eigenvalue weighted by molar-refractivity contribution is 9.10. The number of nitrogens with zero attached hydrogens (tertiary/aromatic N) is 1. The van der Waals surface area contributed by atoms with E-state index in [-0.39, 0.29) is 4.91 Å². The molecule has 0 radical (unpaired) electrons. The van der Waals surface area contributed by atoms with Crippen LogP contribution in [0.25, 0.3) is 6.08 Å². The number of hydrogen-bond donors (Lipinski definition) is 1. The van der Waals surface area contributed by atoms with E-state index in [2.05, 4.69) is 21.2 Å². The molecule has 6 nitrogen and oxygen atoms in total. The number of imide groups is 1. The normalized spacial score (nSPS) is 14.5. The third kappa shape index (κ3) is 6.33. The number of benzene rings is 3. The zero-order chi connectivity index (χ0) is 24.9. The van der Waals surface area contributed by atoms with Crippen molar-refractivity contribution in [3.05, 3.63) is 97.8 Å². The van der Waals surface area contributed by atoms with Crippen molar-refractivity contribution in [3.63, 3.8) is 0 Å². The van der Waals surface area contributed by atoms with Gasteiger partial charge in [0.25, 0.3) is 11.1 Å². The van der Waals surface area contributed by atoms with Gasteiger partial charge in [-0.2, -0.15) is 0 Å². The van der Waals surface area contributed by atoms with Crippen LogP contribution < -0.4 is 10.1 Å². The topological polar surface area (TPSA) is 75.7 Å². The Morgan fingerprint density at radius 1 is 1.11 bits per heavy atom. The SMILES string of the molecule is Cc1ccc(NC(=O)CN2C(=O)S/C(=C\c3cc(Br)ccc3OCc3ccccc3)C2=O)cc1Cl. The first kappa shape index (κ1) is 25.0. The zero-order valence-electron chi connectivity index (χ0n) is 18.6. The maximum absolute atomic E-state index is 12.9. The van der Waals surface area contributed by atoms with Gasteiger partial charge in [0.1, 0.15) is 18.9 Å². The van der Waals surface area contributed by atoms with Crippen molar-refractivity contribution < 1.29 is 19.1 Å².